The number of pyridine rings is 3. The first-order valence-electron chi connectivity index (χ1n) is 9.22. The molecule has 0 saturated carbocycles. The van der Waals surface area contributed by atoms with Crippen LogP contribution in [-0.4, -0.2) is 20.1 Å². The van der Waals surface area contributed by atoms with Crippen LogP contribution in [0, 0.1) is 11.3 Å². The van der Waals surface area contributed by atoms with Crippen molar-refractivity contribution in [3.8, 4) is 11.8 Å². The molecule has 0 aliphatic rings. The van der Waals surface area contributed by atoms with Crippen LogP contribution in [0.25, 0.3) is 0 Å². The first-order valence-corrected chi connectivity index (χ1v) is 9.22. The summed E-state index contributed by atoms with van der Waals surface area (Å²) in [6.45, 7) is 0. The molecule has 0 fully saturated rings. The molecule has 5 heteroatoms. The lowest BCUT2D eigenvalue weighted by Crippen LogP contribution is -2.16. The molecule has 3 aromatic heterocycles. The maximum Gasteiger partial charge on any atom is 0.137 e. The number of hydrogen-bond acceptors (Lipinski definition) is 5. The van der Waals surface area contributed by atoms with Gasteiger partial charge in [0.25, 0.3) is 0 Å². The molecule has 0 spiro atoms. The normalized spacial score (nSPS) is 11.7. The first kappa shape index (κ1) is 18.3. The van der Waals surface area contributed by atoms with Gasteiger partial charge in [-0.2, -0.15) is 5.26 Å². The van der Waals surface area contributed by atoms with E-state index in [0.717, 1.165) is 16.8 Å². The summed E-state index contributed by atoms with van der Waals surface area (Å²) in [6.07, 6.45) is 8.83. The fourth-order valence-corrected chi connectivity index (χ4v) is 3.67. The van der Waals surface area contributed by atoms with Gasteiger partial charge in [-0.25, -0.2) is 0 Å². The first-order chi connectivity index (χ1) is 14.3. The van der Waals surface area contributed by atoms with Gasteiger partial charge in [0, 0.05) is 54.1 Å². The van der Waals surface area contributed by atoms with E-state index < -0.39 is 0 Å². The van der Waals surface area contributed by atoms with Gasteiger partial charge in [-0.1, -0.05) is 30.3 Å². The lowest BCUT2D eigenvalue weighted by atomic mass is 9.75. The van der Waals surface area contributed by atoms with Crippen LogP contribution in [0.5, 0.6) is 5.75 Å². The zero-order valence-electron chi connectivity index (χ0n) is 15.6. The highest BCUT2D eigenvalue weighted by molar-refractivity contribution is 5.53. The number of aromatic hydroxyl groups is 1. The lowest BCUT2D eigenvalue weighted by Gasteiger charge is -2.28. The molecule has 4 rings (SSSR count). The Bertz CT molecular complexity index is 1090. The van der Waals surface area contributed by atoms with Gasteiger partial charge in [0.15, 0.2) is 0 Å². The van der Waals surface area contributed by atoms with Gasteiger partial charge in [0.2, 0.25) is 0 Å². The van der Waals surface area contributed by atoms with E-state index in [1.165, 1.54) is 0 Å². The van der Waals surface area contributed by atoms with Gasteiger partial charge in [-0.3, -0.25) is 15.0 Å². The maximum atomic E-state index is 10.9. The summed E-state index contributed by atoms with van der Waals surface area (Å²) >= 11 is 0. The van der Waals surface area contributed by atoms with E-state index >= 15 is 0 Å². The number of phenols is 1. The molecule has 0 saturated heterocycles. The Labute approximate surface area is 169 Å². The van der Waals surface area contributed by atoms with Crippen LogP contribution in [0.15, 0.2) is 91.6 Å². The Morgan fingerprint density at radius 1 is 0.759 bits per heavy atom. The van der Waals surface area contributed by atoms with Crippen LogP contribution in [0.4, 0.5) is 0 Å². The Hall–Kier alpha value is -4.04. The molecule has 1 aromatic carbocycles. The average Bonchev–Trinajstić information content (AvgIpc) is 2.80. The highest BCUT2D eigenvalue weighted by Crippen LogP contribution is 2.45. The van der Waals surface area contributed by atoms with Crippen LogP contribution in [0.3, 0.4) is 0 Å². The van der Waals surface area contributed by atoms with Gasteiger partial charge in [-0.15, -0.1) is 0 Å². The Kier molecular flexibility index (Phi) is 5.26. The number of hydrogen-bond donors (Lipinski definition) is 1. The van der Waals surface area contributed by atoms with E-state index in [-0.39, 0.29) is 23.1 Å². The fourth-order valence-electron chi connectivity index (χ4n) is 3.67. The van der Waals surface area contributed by atoms with Gasteiger partial charge in [0.1, 0.15) is 11.8 Å². The molecule has 1 unspecified atom stereocenters. The molecule has 0 amide bonds. The molecule has 29 heavy (non-hydrogen) atoms. The third-order valence-corrected chi connectivity index (χ3v) is 4.95. The standard InChI is InChI=1S/C24H18N4O/c25-14-17-6-3-9-20(24(17)29)23(21-10-1-2-13-28-21)22(18-7-4-11-26-15-18)19-8-5-12-27-16-19/h1-13,15-16,22-23,29H. The Morgan fingerprint density at radius 3 is 2.03 bits per heavy atom. The van der Waals surface area contributed by atoms with E-state index in [0.29, 0.717) is 5.56 Å². The van der Waals surface area contributed by atoms with Gasteiger partial charge in [-0.05, 0) is 41.5 Å². The zero-order valence-corrected chi connectivity index (χ0v) is 15.6. The summed E-state index contributed by atoms with van der Waals surface area (Å²) in [5, 5.41) is 20.3. The minimum absolute atomic E-state index is 0.0246. The van der Waals surface area contributed by atoms with Crippen molar-refractivity contribution in [2.75, 3.05) is 0 Å². The number of phenolic OH excluding ortho intramolecular Hbond substituents is 1. The third-order valence-electron chi connectivity index (χ3n) is 4.95. The minimum Gasteiger partial charge on any atom is -0.506 e. The Balaban J connectivity index is 2.00. The lowest BCUT2D eigenvalue weighted by molar-refractivity contribution is 0.459. The number of rotatable bonds is 5. The number of benzene rings is 1. The minimum atomic E-state index is -0.335. The van der Waals surface area contributed by atoms with Crippen LogP contribution < -0.4 is 0 Å². The van der Waals surface area contributed by atoms with Crippen LogP contribution in [0.1, 0.15) is 39.8 Å². The summed E-state index contributed by atoms with van der Waals surface area (Å²) in [4.78, 5) is 13.2. The topological polar surface area (TPSA) is 82.7 Å². The van der Waals surface area contributed by atoms with Crippen molar-refractivity contribution in [2.45, 2.75) is 11.8 Å². The maximum absolute atomic E-state index is 10.9. The second-order valence-electron chi connectivity index (χ2n) is 6.64. The van der Waals surface area contributed by atoms with E-state index in [4.69, 9.17) is 0 Å². The van der Waals surface area contributed by atoms with Crippen molar-refractivity contribution in [1.29, 1.82) is 5.26 Å². The predicted molar refractivity (Wildman–Crippen MR) is 109 cm³/mol. The smallest absolute Gasteiger partial charge is 0.137 e. The third kappa shape index (κ3) is 3.69. The molecular formula is C24H18N4O. The summed E-state index contributed by atoms with van der Waals surface area (Å²) in [6, 6.07) is 20.8. The summed E-state index contributed by atoms with van der Waals surface area (Å²) in [5.74, 6) is -0.562. The monoisotopic (exact) mass is 378 g/mol. The van der Waals surface area contributed by atoms with E-state index in [9.17, 15) is 10.4 Å². The average molecular weight is 378 g/mol. The van der Waals surface area contributed by atoms with Crippen molar-refractivity contribution in [1.82, 2.24) is 15.0 Å². The second-order valence-corrected chi connectivity index (χ2v) is 6.64. The molecular weight excluding hydrogens is 360 g/mol. The van der Waals surface area contributed by atoms with Crippen molar-refractivity contribution in [3.63, 3.8) is 0 Å². The van der Waals surface area contributed by atoms with E-state index in [1.54, 1.807) is 30.7 Å². The van der Waals surface area contributed by atoms with Crippen LogP contribution in [0.2, 0.25) is 0 Å². The quantitative estimate of drug-likeness (QED) is 0.556. The molecule has 4 aromatic rings. The van der Waals surface area contributed by atoms with Gasteiger partial charge >= 0.3 is 0 Å². The Morgan fingerprint density at radius 2 is 1.48 bits per heavy atom. The molecule has 0 aliphatic carbocycles. The number of nitriles is 1. The molecule has 0 aliphatic heterocycles. The van der Waals surface area contributed by atoms with Crippen molar-refractivity contribution < 1.29 is 5.11 Å². The van der Waals surface area contributed by atoms with Crippen LogP contribution in [-0.2, 0) is 0 Å². The van der Waals surface area contributed by atoms with E-state index in [2.05, 4.69) is 21.0 Å². The summed E-state index contributed by atoms with van der Waals surface area (Å²) in [7, 11) is 0. The summed E-state index contributed by atoms with van der Waals surface area (Å²) in [5.41, 5.74) is 3.60. The van der Waals surface area contributed by atoms with Crippen molar-refractivity contribution >= 4 is 0 Å². The molecule has 5 nitrogen and oxygen atoms in total. The van der Waals surface area contributed by atoms with Crippen LogP contribution >= 0.6 is 0 Å². The van der Waals surface area contributed by atoms with Crippen molar-refractivity contribution in [2.24, 2.45) is 0 Å². The highest BCUT2D eigenvalue weighted by Gasteiger charge is 2.32. The van der Waals surface area contributed by atoms with Crippen molar-refractivity contribution in [3.05, 3.63) is 120 Å². The van der Waals surface area contributed by atoms with E-state index in [1.807, 2.05) is 60.9 Å². The number of para-hydroxylation sites is 1. The van der Waals surface area contributed by atoms with Gasteiger partial charge < -0.3 is 5.11 Å². The number of aromatic nitrogens is 3. The molecule has 1 N–H and O–H groups in total. The zero-order chi connectivity index (χ0) is 20.1. The predicted octanol–water partition coefficient (Wildman–Crippen LogP) is 4.41. The number of nitrogens with zero attached hydrogens (tertiary/aromatic N) is 4. The summed E-state index contributed by atoms with van der Waals surface area (Å²) < 4.78 is 0. The fraction of sp³-hybridized carbons (Fsp3) is 0.0833. The SMILES string of the molecule is N#Cc1cccc(C(c2ccccn2)C(c2cccnc2)c2cccnc2)c1O. The molecule has 1 atom stereocenters. The molecule has 140 valence electrons. The molecule has 0 bridgehead atoms. The largest absolute Gasteiger partial charge is 0.506 e. The van der Waals surface area contributed by atoms with Gasteiger partial charge in [0.05, 0.1) is 5.56 Å². The second kappa shape index (κ2) is 8.32. The molecule has 0 radical (unpaired) electrons. The highest BCUT2D eigenvalue weighted by atomic mass is 16.3. The molecule has 3 heterocycles.